The molecule has 0 aromatic heterocycles. The smallest absolute Gasteiger partial charge is 0.191 e. The zero-order valence-corrected chi connectivity index (χ0v) is 16.8. The van der Waals surface area contributed by atoms with E-state index in [0.717, 1.165) is 38.4 Å². The molecule has 3 rings (SSSR count). The number of piperidine rings is 1. The van der Waals surface area contributed by atoms with Gasteiger partial charge in [-0.3, -0.25) is 4.99 Å². The van der Waals surface area contributed by atoms with Crippen LogP contribution in [0.1, 0.15) is 36.8 Å². The van der Waals surface area contributed by atoms with Gasteiger partial charge in [0.1, 0.15) is 0 Å². The van der Waals surface area contributed by atoms with Gasteiger partial charge in [0.25, 0.3) is 0 Å². The lowest BCUT2D eigenvalue weighted by molar-refractivity contribution is 0.461. The van der Waals surface area contributed by atoms with Crippen molar-refractivity contribution >= 4 is 11.6 Å². The topological polar surface area (TPSA) is 39.7 Å². The highest BCUT2D eigenvalue weighted by Gasteiger charge is 2.20. The Labute approximate surface area is 163 Å². The number of hydrogen-bond donors (Lipinski definition) is 2. The molecule has 27 heavy (non-hydrogen) atoms. The first-order valence-electron chi connectivity index (χ1n) is 9.99. The molecular formula is C23H32N4. The molecular weight excluding hydrogens is 332 g/mol. The summed E-state index contributed by atoms with van der Waals surface area (Å²) in [7, 11) is 1.85. The number of guanidine groups is 1. The first-order valence-corrected chi connectivity index (χ1v) is 9.99. The van der Waals surface area contributed by atoms with Gasteiger partial charge in [0.05, 0.1) is 0 Å². The third kappa shape index (κ3) is 5.49. The van der Waals surface area contributed by atoms with E-state index < -0.39 is 0 Å². The third-order valence-electron chi connectivity index (χ3n) is 5.40. The fourth-order valence-corrected chi connectivity index (χ4v) is 3.57. The molecule has 1 aliphatic heterocycles. The number of aryl methyl sites for hydroxylation is 1. The summed E-state index contributed by atoms with van der Waals surface area (Å²) in [6.07, 6.45) is 2.26. The van der Waals surface area contributed by atoms with E-state index in [1.165, 1.54) is 16.8 Å². The van der Waals surface area contributed by atoms with Crippen LogP contribution < -0.4 is 15.5 Å². The summed E-state index contributed by atoms with van der Waals surface area (Å²) < 4.78 is 0. The van der Waals surface area contributed by atoms with Crippen LogP contribution in [0.2, 0.25) is 0 Å². The molecule has 0 aliphatic carbocycles. The molecule has 1 unspecified atom stereocenters. The Morgan fingerprint density at radius 2 is 1.74 bits per heavy atom. The Bertz CT molecular complexity index is 716. The number of nitrogens with one attached hydrogen (secondary N) is 2. The molecule has 0 spiro atoms. The van der Waals surface area contributed by atoms with Crippen LogP contribution in [0.15, 0.2) is 59.6 Å². The number of benzene rings is 2. The highest BCUT2D eigenvalue weighted by Crippen LogP contribution is 2.19. The van der Waals surface area contributed by atoms with Gasteiger partial charge in [-0.15, -0.1) is 0 Å². The number of anilines is 1. The zero-order chi connectivity index (χ0) is 19.1. The predicted molar refractivity (Wildman–Crippen MR) is 116 cm³/mol. The lowest BCUT2D eigenvalue weighted by atomic mass is 10.00. The van der Waals surface area contributed by atoms with Crippen LogP contribution in [0.4, 0.5) is 5.69 Å². The van der Waals surface area contributed by atoms with Gasteiger partial charge in [0.2, 0.25) is 0 Å². The summed E-state index contributed by atoms with van der Waals surface area (Å²) in [6.45, 7) is 7.42. The molecule has 0 radical (unpaired) electrons. The van der Waals surface area contributed by atoms with Crippen LogP contribution in [0.5, 0.6) is 0 Å². The van der Waals surface area contributed by atoms with Crippen molar-refractivity contribution in [3.05, 3.63) is 65.7 Å². The molecule has 144 valence electrons. The first kappa shape index (κ1) is 19.3. The van der Waals surface area contributed by atoms with E-state index in [2.05, 4.69) is 89.0 Å². The Morgan fingerprint density at radius 3 is 2.37 bits per heavy atom. The second kappa shape index (κ2) is 9.45. The van der Waals surface area contributed by atoms with Gasteiger partial charge >= 0.3 is 0 Å². The van der Waals surface area contributed by atoms with Gasteiger partial charge in [-0.1, -0.05) is 55.0 Å². The molecule has 1 atom stereocenters. The Hall–Kier alpha value is -2.49. The summed E-state index contributed by atoms with van der Waals surface area (Å²) in [5.74, 6) is 1.36. The van der Waals surface area contributed by atoms with Gasteiger partial charge in [0, 0.05) is 38.4 Å². The van der Waals surface area contributed by atoms with Crippen LogP contribution in [0, 0.1) is 6.92 Å². The number of nitrogens with zero attached hydrogens (tertiary/aromatic N) is 2. The minimum atomic E-state index is 0.448. The van der Waals surface area contributed by atoms with Crippen molar-refractivity contribution in [1.29, 1.82) is 0 Å². The number of hydrogen-bond acceptors (Lipinski definition) is 2. The van der Waals surface area contributed by atoms with E-state index in [1.807, 2.05) is 7.05 Å². The van der Waals surface area contributed by atoms with Crippen LogP contribution >= 0.6 is 0 Å². The largest absolute Gasteiger partial charge is 0.371 e. The maximum absolute atomic E-state index is 4.42. The molecule has 1 saturated heterocycles. The number of rotatable bonds is 5. The molecule has 4 heteroatoms. The fourth-order valence-electron chi connectivity index (χ4n) is 3.57. The van der Waals surface area contributed by atoms with Crippen molar-refractivity contribution in [3.63, 3.8) is 0 Å². The average molecular weight is 365 g/mol. The van der Waals surface area contributed by atoms with E-state index in [1.54, 1.807) is 0 Å². The summed E-state index contributed by atoms with van der Waals surface area (Å²) >= 11 is 0. The van der Waals surface area contributed by atoms with Crippen LogP contribution in [0.25, 0.3) is 0 Å². The Morgan fingerprint density at radius 1 is 1.07 bits per heavy atom. The van der Waals surface area contributed by atoms with E-state index in [0.29, 0.717) is 12.0 Å². The average Bonchev–Trinajstić information content (AvgIpc) is 2.72. The maximum atomic E-state index is 4.42. The van der Waals surface area contributed by atoms with E-state index in [-0.39, 0.29) is 0 Å². The van der Waals surface area contributed by atoms with E-state index in [9.17, 15) is 0 Å². The molecule has 1 fully saturated rings. The lowest BCUT2D eigenvalue weighted by Gasteiger charge is -2.34. The molecule has 4 nitrogen and oxygen atoms in total. The molecule has 2 aromatic carbocycles. The molecule has 0 bridgehead atoms. The minimum Gasteiger partial charge on any atom is -0.371 e. The van der Waals surface area contributed by atoms with Crippen LogP contribution in [-0.4, -0.2) is 38.7 Å². The SMILES string of the molecule is CN=C(NCC(C)c1ccc(C)cc1)NC1CCN(c2ccccc2)CC1. The van der Waals surface area contributed by atoms with Crippen molar-refractivity contribution in [2.24, 2.45) is 4.99 Å². The van der Waals surface area contributed by atoms with Gasteiger partial charge in [-0.2, -0.15) is 0 Å². The predicted octanol–water partition coefficient (Wildman–Crippen LogP) is 3.93. The van der Waals surface area contributed by atoms with Crippen LogP contribution in [-0.2, 0) is 0 Å². The Kier molecular flexibility index (Phi) is 6.74. The summed E-state index contributed by atoms with van der Waals surface area (Å²) in [5, 5.41) is 7.10. The standard InChI is InChI=1S/C23H32N4/c1-18-9-11-20(12-10-18)19(2)17-25-23(24-3)26-21-13-15-27(16-14-21)22-7-5-4-6-8-22/h4-12,19,21H,13-17H2,1-3H3,(H2,24,25,26). The van der Waals surface area contributed by atoms with Gasteiger partial charge in [0.15, 0.2) is 5.96 Å². The van der Waals surface area contributed by atoms with E-state index >= 15 is 0 Å². The number of aliphatic imine (C=N–C) groups is 1. The highest BCUT2D eigenvalue weighted by atomic mass is 15.2. The van der Waals surface area contributed by atoms with E-state index in [4.69, 9.17) is 0 Å². The third-order valence-corrected chi connectivity index (χ3v) is 5.40. The normalized spacial score (nSPS) is 16.9. The maximum Gasteiger partial charge on any atom is 0.191 e. The monoisotopic (exact) mass is 364 g/mol. The molecule has 0 saturated carbocycles. The zero-order valence-electron chi connectivity index (χ0n) is 16.8. The Balaban J connectivity index is 1.45. The lowest BCUT2D eigenvalue weighted by Crippen LogP contribution is -2.49. The fraction of sp³-hybridized carbons (Fsp3) is 0.435. The number of para-hydroxylation sites is 1. The first-order chi connectivity index (χ1) is 13.2. The second-order valence-corrected chi connectivity index (χ2v) is 7.51. The molecule has 1 heterocycles. The second-order valence-electron chi connectivity index (χ2n) is 7.51. The van der Waals surface area contributed by atoms with Crippen molar-refractivity contribution in [1.82, 2.24) is 10.6 Å². The summed E-state index contributed by atoms with van der Waals surface area (Å²) in [4.78, 5) is 6.89. The molecule has 2 aromatic rings. The van der Waals surface area contributed by atoms with Gasteiger partial charge in [-0.05, 0) is 43.4 Å². The molecule has 2 N–H and O–H groups in total. The van der Waals surface area contributed by atoms with Crippen molar-refractivity contribution < 1.29 is 0 Å². The van der Waals surface area contributed by atoms with Crippen molar-refractivity contribution in [3.8, 4) is 0 Å². The summed E-state index contributed by atoms with van der Waals surface area (Å²) in [5.41, 5.74) is 3.99. The van der Waals surface area contributed by atoms with Crippen molar-refractivity contribution in [2.75, 3.05) is 31.6 Å². The van der Waals surface area contributed by atoms with Gasteiger partial charge in [-0.25, -0.2) is 0 Å². The summed E-state index contributed by atoms with van der Waals surface area (Å²) in [6, 6.07) is 20.0. The molecule has 0 amide bonds. The van der Waals surface area contributed by atoms with Gasteiger partial charge < -0.3 is 15.5 Å². The quantitative estimate of drug-likeness (QED) is 0.624. The minimum absolute atomic E-state index is 0.448. The van der Waals surface area contributed by atoms with Crippen LogP contribution in [0.3, 0.4) is 0 Å². The molecule has 1 aliphatic rings. The van der Waals surface area contributed by atoms with Crippen molar-refractivity contribution in [2.45, 2.75) is 38.6 Å². The highest BCUT2D eigenvalue weighted by molar-refractivity contribution is 5.80.